The monoisotopic (exact) mass is 310 g/mol. The molecule has 1 aliphatic rings. The summed E-state index contributed by atoms with van der Waals surface area (Å²) in [4.78, 5) is 0. The molecule has 0 radical (unpaired) electrons. The van der Waals surface area contributed by atoms with Crippen LogP contribution in [0.4, 0.5) is 0 Å². The number of para-hydroxylation sites is 1. The highest BCUT2D eigenvalue weighted by Gasteiger charge is 2.29. The average Bonchev–Trinajstić information content (AvgIpc) is 2.61. The molecule has 3 heteroatoms. The van der Waals surface area contributed by atoms with E-state index in [0.717, 1.165) is 18.8 Å². The lowest BCUT2D eigenvalue weighted by Gasteiger charge is -2.37. The van der Waals surface area contributed by atoms with E-state index in [1.807, 2.05) is 12.1 Å². The fourth-order valence-corrected chi connectivity index (χ4v) is 3.43. The molecule has 0 saturated carbocycles. The summed E-state index contributed by atoms with van der Waals surface area (Å²) in [6.07, 6.45) is 1.18. The Labute approximate surface area is 139 Å². The molecule has 3 rings (SSSR count). The lowest BCUT2D eigenvalue weighted by Crippen LogP contribution is -2.48. The molecule has 0 aliphatic carbocycles. The van der Waals surface area contributed by atoms with Crippen LogP contribution in [0.3, 0.4) is 0 Å². The lowest BCUT2D eigenvalue weighted by atomic mass is 9.87. The third-order valence-electron chi connectivity index (χ3n) is 4.65. The minimum absolute atomic E-state index is 0.363. The molecule has 3 nitrogen and oxygen atoms in total. The largest absolute Gasteiger partial charge is 0.496 e. The Morgan fingerprint density at radius 1 is 1.09 bits per heavy atom. The summed E-state index contributed by atoms with van der Waals surface area (Å²) >= 11 is 0. The molecule has 1 heterocycles. The number of hydrogen-bond acceptors (Lipinski definition) is 3. The second kappa shape index (κ2) is 7.62. The van der Waals surface area contributed by atoms with Crippen molar-refractivity contribution in [2.75, 3.05) is 13.7 Å². The summed E-state index contributed by atoms with van der Waals surface area (Å²) in [5, 5.41) is 7.46. The van der Waals surface area contributed by atoms with Crippen LogP contribution >= 0.6 is 0 Å². The quantitative estimate of drug-likeness (QED) is 0.886. The van der Waals surface area contributed by atoms with Gasteiger partial charge < -0.3 is 15.4 Å². The van der Waals surface area contributed by atoms with Crippen molar-refractivity contribution < 1.29 is 4.74 Å². The number of piperidine rings is 1. The Bertz CT molecular complexity index is 614. The zero-order valence-corrected chi connectivity index (χ0v) is 14.0. The summed E-state index contributed by atoms with van der Waals surface area (Å²) in [6, 6.07) is 19.8. The van der Waals surface area contributed by atoms with Crippen molar-refractivity contribution >= 4 is 0 Å². The molecule has 122 valence electrons. The van der Waals surface area contributed by atoms with Gasteiger partial charge in [-0.05, 0) is 30.5 Å². The van der Waals surface area contributed by atoms with E-state index in [1.54, 1.807) is 7.11 Å². The standard InChI is InChI=1S/C20H26N2O/c1-15-12-18(20(22-13-15)16-8-4-3-5-9-16)21-14-17-10-6-7-11-19(17)23-2/h3-11,15,18,20-22H,12-14H2,1-2H3/t15-,18-,20+/m1/s1. The Hall–Kier alpha value is -1.84. The van der Waals surface area contributed by atoms with Crippen LogP contribution in [0.25, 0.3) is 0 Å². The van der Waals surface area contributed by atoms with Crippen LogP contribution in [0.15, 0.2) is 54.6 Å². The van der Waals surface area contributed by atoms with Gasteiger partial charge in [0.05, 0.1) is 7.11 Å². The minimum Gasteiger partial charge on any atom is -0.496 e. The first-order chi connectivity index (χ1) is 11.3. The van der Waals surface area contributed by atoms with Gasteiger partial charge >= 0.3 is 0 Å². The van der Waals surface area contributed by atoms with Crippen LogP contribution in [0.2, 0.25) is 0 Å². The van der Waals surface area contributed by atoms with Crippen molar-refractivity contribution in [1.29, 1.82) is 0 Å². The second-order valence-electron chi connectivity index (χ2n) is 6.44. The summed E-state index contributed by atoms with van der Waals surface area (Å²) in [7, 11) is 1.73. The summed E-state index contributed by atoms with van der Waals surface area (Å²) in [5.74, 6) is 1.64. The Balaban J connectivity index is 1.72. The Morgan fingerprint density at radius 2 is 1.83 bits per heavy atom. The molecule has 2 aromatic carbocycles. The lowest BCUT2D eigenvalue weighted by molar-refractivity contribution is 0.250. The summed E-state index contributed by atoms with van der Waals surface area (Å²) < 4.78 is 5.46. The first-order valence-corrected chi connectivity index (χ1v) is 8.41. The van der Waals surface area contributed by atoms with Crippen molar-refractivity contribution in [2.24, 2.45) is 5.92 Å². The van der Waals surface area contributed by atoms with Gasteiger partial charge in [0.25, 0.3) is 0 Å². The van der Waals surface area contributed by atoms with Gasteiger partial charge in [-0.25, -0.2) is 0 Å². The topological polar surface area (TPSA) is 33.3 Å². The highest BCUT2D eigenvalue weighted by molar-refractivity contribution is 5.33. The van der Waals surface area contributed by atoms with Crippen LogP contribution in [-0.2, 0) is 6.54 Å². The highest BCUT2D eigenvalue weighted by Crippen LogP contribution is 2.27. The molecule has 0 bridgehead atoms. The maximum absolute atomic E-state index is 5.46. The number of benzene rings is 2. The zero-order chi connectivity index (χ0) is 16.1. The van der Waals surface area contributed by atoms with Gasteiger partial charge in [-0.3, -0.25) is 0 Å². The normalized spacial score (nSPS) is 24.3. The molecule has 0 aromatic heterocycles. The van der Waals surface area contributed by atoms with Crippen molar-refractivity contribution in [1.82, 2.24) is 10.6 Å². The predicted molar refractivity (Wildman–Crippen MR) is 94.6 cm³/mol. The van der Waals surface area contributed by atoms with Gasteiger partial charge in [-0.1, -0.05) is 55.5 Å². The highest BCUT2D eigenvalue weighted by atomic mass is 16.5. The van der Waals surface area contributed by atoms with Gasteiger partial charge in [0.2, 0.25) is 0 Å². The van der Waals surface area contributed by atoms with Gasteiger partial charge in [0.1, 0.15) is 5.75 Å². The molecule has 2 N–H and O–H groups in total. The van der Waals surface area contributed by atoms with E-state index in [4.69, 9.17) is 4.74 Å². The summed E-state index contributed by atoms with van der Waals surface area (Å²) in [6.45, 7) is 4.21. The number of hydrogen-bond donors (Lipinski definition) is 2. The van der Waals surface area contributed by atoms with E-state index in [0.29, 0.717) is 18.0 Å². The van der Waals surface area contributed by atoms with E-state index in [2.05, 4.69) is 60.0 Å². The third-order valence-corrected chi connectivity index (χ3v) is 4.65. The number of rotatable bonds is 5. The number of nitrogens with one attached hydrogen (secondary N) is 2. The molecular formula is C20H26N2O. The van der Waals surface area contributed by atoms with E-state index in [9.17, 15) is 0 Å². The van der Waals surface area contributed by atoms with Crippen molar-refractivity contribution in [3.63, 3.8) is 0 Å². The number of ether oxygens (including phenoxy) is 1. The van der Waals surface area contributed by atoms with Crippen molar-refractivity contribution in [3.05, 3.63) is 65.7 Å². The maximum atomic E-state index is 5.46. The fraction of sp³-hybridized carbons (Fsp3) is 0.400. The number of methoxy groups -OCH3 is 1. The molecule has 1 aliphatic heterocycles. The minimum atomic E-state index is 0.363. The fourth-order valence-electron chi connectivity index (χ4n) is 3.43. The third kappa shape index (κ3) is 3.92. The average molecular weight is 310 g/mol. The molecule has 1 fully saturated rings. The SMILES string of the molecule is COc1ccccc1CN[C@@H]1C[C@@H](C)CN[C@H]1c1ccccc1. The van der Waals surface area contributed by atoms with Gasteiger partial charge in [-0.15, -0.1) is 0 Å². The van der Waals surface area contributed by atoms with Crippen molar-refractivity contribution in [2.45, 2.75) is 32.0 Å². The van der Waals surface area contributed by atoms with Crippen LogP contribution in [0.1, 0.15) is 30.5 Å². The van der Waals surface area contributed by atoms with Gasteiger partial charge in [0.15, 0.2) is 0 Å². The molecule has 0 spiro atoms. The van der Waals surface area contributed by atoms with E-state index in [1.165, 1.54) is 17.5 Å². The maximum Gasteiger partial charge on any atom is 0.123 e. The van der Waals surface area contributed by atoms with Crippen LogP contribution < -0.4 is 15.4 Å². The molecule has 1 saturated heterocycles. The van der Waals surface area contributed by atoms with E-state index in [-0.39, 0.29) is 0 Å². The van der Waals surface area contributed by atoms with Gasteiger partial charge in [0, 0.05) is 24.2 Å². The first-order valence-electron chi connectivity index (χ1n) is 8.41. The first kappa shape index (κ1) is 16.0. The molecule has 23 heavy (non-hydrogen) atoms. The van der Waals surface area contributed by atoms with E-state index < -0.39 is 0 Å². The van der Waals surface area contributed by atoms with Crippen LogP contribution in [-0.4, -0.2) is 19.7 Å². The molecule has 0 amide bonds. The van der Waals surface area contributed by atoms with Gasteiger partial charge in [-0.2, -0.15) is 0 Å². The van der Waals surface area contributed by atoms with Crippen molar-refractivity contribution in [3.8, 4) is 5.75 Å². The molecule has 0 unspecified atom stereocenters. The van der Waals surface area contributed by atoms with Crippen LogP contribution in [0.5, 0.6) is 5.75 Å². The van der Waals surface area contributed by atoms with Crippen LogP contribution in [0, 0.1) is 5.92 Å². The Morgan fingerprint density at radius 3 is 2.61 bits per heavy atom. The predicted octanol–water partition coefficient (Wildman–Crippen LogP) is 3.52. The zero-order valence-electron chi connectivity index (χ0n) is 14.0. The molecular weight excluding hydrogens is 284 g/mol. The summed E-state index contributed by atoms with van der Waals surface area (Å²) in [5.41, 5.74) is 2.57. The molecule has 3 atom stereocenters. The smallest absolute Gasteiger partial charge is 0.123 e. The van der Waals surface area contributed by atoms with E-state index >= 15 is 0 Å². The second-order valence-corrected chi connectivity index (χ2v) is 6.44. The molecule has 2 aromatic rings. The Kier molecular flexibility index (Phi) is 5.31.